The van der Waals surface area contributed by atoms with Gasteiger partial charge in [-0.1, -0.05) is 12.8 Å². The number of rotatable bonds is 6. The van der Waals surface area contributed by atoms with E-state index in [0.717, 1.165) is 19.0 Å². The topological polar surface area (TPSA) is 24.9 Å². The van der Waals surface area contributed by atoms with Crippen molar-refractivity contribution in [1.29, 1.82) is 0 Å². The van der Waals surface area contributed by atoms with Crippen molar-refractivity contribution in [2.75, 3.05) is 6.54 Å². The van der Waals surface area contributed by atoms with Gasteiger partial charge >= 0.3 is 0 Å². The molecule has 1 aromatic rings. The highest BCUT2D eigenvalue weighted by Crippen LogP contribution is 2.33. The van der Waals surface area contributed by atoms with Gasteiger partial charge in [-0.25, -0.2) is 0 Å². The fourth-order valence-corrected chi connectivity index (χ4v) is 2.03. The smallest absolute Gasteiger partial charge is 0.0794 e. The van der Waals surface area contributed by atoms with Crippen molar-refractivity contribution in [3.05, 3.63) is 16.6 Å². The zero-order valence-corrected chi connectivity index (χ0v) is 8.65. The molecule has 72 valence electrons. The van der Waals surface area contributed by atoms with Crippen LogP contribution in [0.2, 0.25) is 0 Å². The van der Waals surface area contributed by atoms with Crippen LogP contribution in [0.4, 0.5) is 0 Å². The average Bonchev–Trinajstić information content (AvgIpc) is 2.81. The second-order valence-electron chi connectivity index (χ2n) is 3.73. The van der Waals surface area contributed by atoms with Gasteiger partial charge in [-0.2, -0.15) is 0 Å². The summed E-state index contributed by atoms with van der Waals surface area (Å²) in [6, 6.07) is 0. The summed E-state index contributed by atoms with van der Waals surface area (Å²) in [7, 11) is 0. The van der Waals surface area contributed by atoms with E-state index >= 15 is 0 Å². The number of hydrogen-bond acceptors (Lipinski definition) is 3. The molecular weight excluding hydrogens is 180 g/mol. The molecule has 0 amide bonds. The Morgan fingerprint density at radius 1 is 1.54 bits per heavy atom. The Morgan fingerprint density at radius 3 is 3.15 bits per heavy atom. The van der Waals surface area contributed by atoms with Gasteiger partial charge < -0.3 is 5.32 Å². The fraction of sp³-hybridized carbons (Fsp3) is 0.700. The van der Waals surface area contributed by atoms with Gasteiger partial charge in [0, 0.05) is 17.6 Å². The molecule has 0 radical (unpaired) electrons. The van der Waals surface area contributed by atoms with Crippen LogP contribution in [0.5, 0.6) is 0 Å². The summed E-state index contributed by atoms with van der Waals surface area (Å²) in [6.07, 6.45) is 7.67. The first-order chi connectivity index (χ1) is 6.45. The van der Waals surface area contributed by atoms with Crippen molar-refractivity contribution in [3.63, 3.8) is 0 Å². The van der Waals surface area contributed by atoms with Gasteiger partial charge in [0.05, 0.1) is 5.51 Å². The molecule has 0 saturated heterocycles. The molecule has 1 fully saturated rings. The standard InChI is InChI=1S/C10H16N2S/c1(2-9-3-4-9)5-11-6-10-7-12-8-13-10/h7-9,11H,1-6H2. The average molecular weight is 196 g/mol. The molecule has 0 aromatic carbocycles. The Balaban J connectivity index is 1.48. The van der Waals surface area contributed by atoms with E-state index < -0.39 is 0 Å². The molecule has 13 heavy (non-hydrogen) atoms. The fourth-order valence-electron chi connectivity index (χ4n) is 1.46. The molecule has 3 heteroatoms. The van der Waals surface area contributed by atoms with E-state index in [1.165, 1.54) is 30.6 Å². The number of aromatic nitrogens is 1. The molecular formula is C10H16N2S. The number of thiazole rings is 1. The molecule has 2 rings (SSSR count). The van der Waals surface area contributed by atoms with Gasteiger partial charge in [0.1, 0.15) is 0 Å². The quantitative estimate of drug-likeness (QED) is 0.707. The van der Waals surface area contributed by atoms with Gasteiger partial charge in [0.2, 0.25) is 0 Å². The minimum Gasteiger partial charge on any atom is -0.312 e. The molecule has 0 unspecified atom stereocenters. The van der Waals surface area contributed by atoms with Gasteiger partial charge in [-0.05, 0) is 25.3 Å². The summed E-state index contributed by atoms with van der Waals surface area (Å²) in [5.41, 5.74) is 1.89. The Labute approximate surface area is 83.4 Å². The monoisotopic (exact) mass is 196 g/mol. The Bertz CT molecular complexity index is 229. The predicted octanol–water partition coefficient (Wildman–Crippen LogP) is 2.42. The first-order valence-electron chi connectivity index (χ1n) is 5.03. The summed E-state index contributed by atoms with van der Waals surface area (Å²) >= 11 is 1.73. The van der Waals surface area contributed by atoms with Crippen LogP contribution in [0.1, 0.15) is 30.6 Å². The van der Waals surface area contributed by atoms with Crippen LogP contribution in [-0.2, 0) is 6.54 Å². The SMILES string of the molecule is c1ncc(CNCCCC2CC2)s1. The van der Waals surface area contributed by atoms with E-state index in [1.807, 2.05) is 11.7 Å². The Morgan fingerprint density at radius 2 is 2.46 bits per heavy atom. The number of nitrogens with one attached hydrogen (secondary N) is 1. The van der Waals surface area contributed by atoms with Crippen LogP contribution in [0, 0.1) is 5.92 Å². The highest BCUT2D eigenvalue weighted by atomic mass is 32.1. The minimum absolute atomic E-state index is 0.995. The molecule has 1 saturated carbocycles. The molecule has 1 aliphatic carbocycles. The van der Waals surface area contributed by atoms with Gasteiger partial charge in [-0.3, -0.25) is 4.98 Å². The highest BCUT2D eigenvalue weighted by molar-refractivity contribution is 7.09. The van der Waals surface area contributed by atoms with E-state index in [-0.39, 0.29) is 0 Å². The summed E-state index contributed by atoms with van der Waals surface area (Å²) < 4.78 is 0. The maximum Gasteiger partial charge on any atom is 0.0794 e. The molecule has 2 nitrogen and oxygen atoms in total. The summed E-state index contributed by atoms with van der Waals surface area (Å²) in [4.78, 5) is 5.38. The normalized spacial score (nSPS) is 16.3. The first kappa shape index (κ1) is 9.16. The van der Waals surface area contributed by atoms with Gasteiger partial charge in [-0.15, -0.1) is 11.3 Å². The van der Waals surface area contributed by atoms with Gasteiger partial charge in [0.25, 0.3) is 0 Å². The Kier molecular flexibility index (Phi) is 3.33. The van der Waals surface area contributed by atoms with E-state index in [4.69, 9.17) is 0 Å². The van der Waals surface area contributed by atoms with Crippen LogP contribution >= 0.6 is 11.3 Å². The molecule has 0 bridgehead atoms. The van der Waals surface area contributed by atoms with E-state index in [9.17, 15) is 0 Å². The maximum absolute atomic E-state index is 4.04. The maximum atomic E-state index is 4.04. The third kappa shape index (κ3) is 3.44. The summed E-state index contributed by atoms with van der Waals surface area (Å²) in [5.74, 6) is 1.07. The van der Waals surface area contributed by atoms with Crippen molar-refractivity contribution in [2.45, 2.75) is 32.2 Å². The van der Waals surface area contributed by atoms with E-state index in [2.05, 4.69) is 10.3 Å². The van der Waals surface area contributed by atoms with Crippen molar-refractivity contribution < 1.29 is 0 Å². The van der Waals surface area contributed by atoms with Crippen LogP contribution in [0.3, 0.4) is 0 Å². The van der Waals surface area contributed by atoms with Crippen LogP contribution in [0.15, 0.2) is 11.7 Å². The highest BCUT2D eigenvalue weighted by Gasteiger charge is 2.19. The molecule has 1 N–H and O–H groups in total. The molecule has 0 spiro atoms. The number of nitrogens with zero attached hydrogens (tertiary/aromatic N) is 1. The van der Waals surface area contributed by atoms with Gasteiger partial charge in [0.15, 0.2) is 0 Å². The third-order valence-electron chi connectivity index (χ3n) is 2.45. The third-order valence-corrected chi connectivity index (χ3v) is 3.23. The van der Waals surface area contributed by atoms with E-state index in [0.29, 0.717) is 0 Å². The van der Waals surface area contributed by atoms with E-state index in [1.54, 1.807) is 11.3 Å². The van der Waals surface area contributed by atoms with Crippen molar-refractivity contribution in [1.82, 2.24) is 10.3 Å². The van der Waals surface area contributed by atoms with Crippen molar-refractivity contribution in [3.8, 4) is 0 Å². The lowest BCUT2D eigenvalue weighted by Crippen LogP contribution is -2.13. The van der Waals surface area contributed by atoms with Crippen LogP contribution in [-0.4, -0.2) is 11.5 Å². The Hall–Kier alpha value is -0.410. The molecule has 1 aliphatic rings. The first-order valence-corrected chi connectivity index (χ1v) is 5.91. The van der Waals surface area contributed by atoms with Crippen molar-refractivity contribution in [2.24, 2.45) is 5.92 Å². The molecule has 1 aromatic heterocycles. The predicted molar refractivity (Wildman–Crippen MR) is 55.8 cm³/mol. The number of hydrogen-bond donors (Lipinski definition) is 1. The second-order valence-corrected chi connectivity index (χ2v) is 4.70. The van der Waals surface area contributed by atoms with Crippen LogP contribution in [0.25, 0.3) is 0 Å². The molecule has 0 aliphatic heterocycles. The molecule has 1 heterocycles. The zero-order valence-electron chi connectivity index (χ0n) is 7.83. The zero-order chi connectivity index (χ0) is 8.93. The van der Waals surface area contributed by atoms with Crippen molar-refractivity contribution >= 4 is 11.3 Å². The summed E-state index contributed by atoms with van der Waals surface area (Å²) in [5, 5.41) is 3.44. The lowest BCUT2D eigenvalue weighted by molar-refractivity contribution is 0.596. The lowest BCUT2D eigenvalue weighted by Gasteiger charge is -2.01. The largest absolute Gasteiger partial charge is 0.312 e. The van der Waals surface area contributed by atoms with Crippen LogP contribution < -0.4 is 5.32 Å². The molecule has 0 atom stereocenters. The minimum atomic E-state index is 0.995. The summed E-state index contributed by atoms with van der Waals surface area (Å²) in [6.45, 7) is 2.16. The lowest BCUT2D eigenvalue weighted by atomic mass is 10.2. The second kappa shape index (κ2) is 4.72.